The highest BCUT2D eigenvalue weighted by Crippen LogP contribution is 2.31. The predicted octanol–water partition coefficient (Wildman–Crippen LogP) is 3.38. The van der Waals surface area contributed by atoms with Gasteiger partial charge in [-0.3, -0.25) is 4.98 Å². The molecule has 3 aromatic rings. The Morgan fingerprint density at radius 1 is 1.32 bits per heavy atom. The summed E-state index contributed by atoms with van der Waals surface area (Å²) in [6.45, 7) is 3.75. The number of imidazole rings is 1. The molecule has 0 bridgehead atoms. The molecule has 3 rings (SSSR count). The summed E-state index contributed by atoms with van der Waals surface area (Å²) < 4.78 is 7.54. The van der Waals surface area contributed by atoms with Gasteiger partial charge in [0.15, 0.2) is 0 Å². The smallest absolute Gasteiger partial charge is 0.145 e. The molecular formula is C19H21N5O. The number of hydrogen-bond acceptors (Lipinski definition) is 5. The quantitative estimate of drug-likeness (QED) is 0.670. The van der Waals surface area contributed by atoms with Gasteiger partial charge in [-0.2, -0.15) is 5.26 Å². The topological polar surface area (TPSA) is 75.8 Å². The second kappa shape index (κ2) is 7.67. The summed E-state index contributed by atoms with van der Waals surface area (Å²) in [5.74, 6) is 1.80. The van der Waals surface area contributed by atoms with Crippen LogP contribution in [0.1, 0.15) is 24.7 Å². The number of fused-ring (bicyclic) bond motifs is 1. The van der Waals surface area contributed by atoms with Gasteiger partial charge in [-0.25, -0.2) is 4.98 Å². The number of aromatic nitrogens is 3. The summed E-state index contributed by atoms with van der Waals surface area (Å²) in [6, 6.07) is 7.96. The molecule has 0 unspecified atom stereocenters. The summed E-state index contributed by atoms with van der Waals surface area (Å²) in [6.07, 6.45) is 7.29. The molecule has 0 aliphatic rings. The number of rotatable bonds is 7. The maximum atomic E-state index is 9.41. The molecule has 2 aromatic heterocycles. The van der Waals surface area contributed by atoms with E-state index in [1.54, 1.807) is 13.3 Å². The molecule has 0 aliphatic carbocycles. The van der Waals surface area contributed by atoms with Crippen molar-refractivity contribution >= 4 is 16.6 Å². The molecule has 6 nitrogen and oxygen atoms in total. The lowest BCUT2D eigenvalue weighted by Gasteiger charge is -2.13. The van der Waals surface area contributed by atoms with Crippen molar-refractivity contribution in [2.45, 2.75) is 26.3 Å². The number of nitrogens with one attached hydrogen (secondary N) is 1. The minimum atomic E-state index is 0.539. The van der Waals surface area contributed by atoms with Crippen molar-refractivity contribution in [3.05, 3.63) is 48.2 Å². The third kappa shape index (κ3) is 3.41. The van der Waals surface area contributed by atoms with E-state index < -0.39 is 0 Å². The second-order valence-corrected chi connectivity index (χ2v) is 5.69. The SMILES string of the molecule is CCc1nccn1CCCNc1c(C#N)cnc2c(OC)cccc12. The molecular weight excluding hydrogens is 314 g/mol. The third-order valence-electron chi connectivity index (χ3n) is 4.20. The molecule has 1 N–H and O–H groups in total. The van der Waals surface area contributed by atoms with Gasteiger partial charge in [-0.15, -0.1) is 0 Å². The highest BCUT2D eigenvalue weighted by molar-refractivity contribution is 5.97. The number of pyridine rings is 1. The minimum absolute atomic E-state index is 0.539. The summed E-state index contributed by atoms with van der Waals surface area (Å²) in [7, 11) is 1.62. The first-order valence-corrected chi connectivity index (χ1v) is 8.38. The van der Waals surface area contributed by atoms with Crippen molar-refractivity contribution in [1.29, 1.82) is 5.26 Å². The van der Waals surface area contributed by atoms with Crippen molar-refractivity contribution in [3.63, 3.8) is 0 Å². The zero-order valence-electron chi connectivity index (χ0n) is 14.5. The van der Waals surface area contributed by atoms with Gasteiger partial charge in [-0.05, 0) is 12.5 Å². The van der Waals surface area contributed by atoms with Gasteiger partial charge in [0.2, 0.25) is 0 Å². The largest absolute Gasteiger partial charge is 0.494 e. The molecule has 6 heteroatoms. The Labute approximate surface area is 147 Å². The summed E-state index contributed by atoms with van der Waals surface area (Å²) in [5, 5.41) is 13.7. The molecule has 25 heavy (non-hydrogen) atoms. The van der Waals surface area contributed by atoms with Crippen molar-refractivity contribution in [2.75, 3.05) is 19.0 Å². The maximum absolute atomic E-state index is 9.41. The lowest BCUT2D eigenvalue weighted by atomic mass is 10.1. The Hall–Kier alpha value is -3.07. The molecule has 0 radical (unpaired) electrons. The molecule has 0 aliphatic heterocycles. The number of methoxy groups -OCH3 is 1. The number of nitrogens with zero attached hydrogens (tertiary/aromatic N) is 4. The summed E-state index contributed by atoms with van der Waals surface area (Å²) >= 11 is 0. The van der Waals surface area contributed by atoms with Crippen molar-refractivity contribution < 1.29 is 4.74 Å². The van der Waals surface area contributed by atoms with Crippen LogP contribution < -0.4 is 10.1 Å². The van der Waals surface area contributed by atoms with E-state index in [1.807, 2.05) is 30.6 Å². The normalized spacial score (nSPS) is 10.6. The molecule has 0 fully saturated rings. The van der Waals surface area contributed by atoms with E-state index in [9.17, 15) is 5.26 Å². The van der Waals surface area contributed by atoms with E-state index in [2.05, 4.69) is 32.8 Å². The monoisotopic (exact) mass is 335 g/mol. The van der Waals surface area contributed by atoms with Crippen molar-refractivity contribution in [1.82, 2.24) is 14.5 Å². The number of aryl methyl sites for hydroxylation is 2. The second-order valence-electron chi connectivity index (χ2n) is 5.69. The molecule has 0 amide bonds. The van der Waals surface area contributed by atoms with Gasteiger partial charge in [0.25, 0.3) is 0 Å². The fourth-order valence-corrected chi connectivity index (χ4v) is 2.96. The van der Waals surface area contributed by atoms with Crippen LogP contribution in [0.15, 0.2) is 36.8 Å². The van der Waals surface area contributed by atoms with Crippen LogP contribution in [0.4, 0.5) is 5.69 Å². The molecule has 0 atom stereocenters. The van der Waals surface area contributed by atoms with Crippen LogP contribution in [-0.2, 0) is 13.0 Å². The lowest BCUT2D eigenvalue weighted by Crippen LogP contribution is -2.09. The number of ether oxygens (including phenoxy) is 1. The molecule has 0 saturated heterocycles. The van der Waals surface area contributed by atoms with E-state index >= 15 is 0 Å². The van der Waals surface area contributed by atoms with Gasteiger partial charge in [0.05, 0.1) is 18.4 Å². The van der Waals surface area contributed by atoms with Crippen LogP contribution in [0.5, 0.6) is 5.75 Å². The van der Waals surface area contributed by atoms with Crippen LogP contribution in [0.25, 0.3) is 10.9 Å². The molecule has 0 spiro atoms. The van der Waals surface area contributed by atoms with Crippen molar-refractivity contribution in [3.8, 4) is 11.8 Å². The maximum Gasteiger partial charge on any atom is 0.145 e. The van der Waals surface area contributed by atoms with E-state index in [-0.39, 0.29) is 0 Å². The van der Waals surface area contributed by atoms with Crippen LogP contribution in [0.2, 0.25) is 0 Å². The first kappa shape index (κ1) is 16.8. The highest BCUT2D eigenvalue weighted by Gasteiger charge is 2.11. The standard InChI is InChI=1S/C19H21N5O/c1-3-17-21-9-11-24(17)10-5-8-22-18-14(12-20)13-23-19-15(18)6-4-7-16(19)25-2/h4,6-7,9,11,13H,3,5,8,10H2,1-2H3,(H,22,23). The Morgan fingerprint density at radius 2 is 2.20 bits per heavy atom. The number of hydrogen-bond donors (Lipinski definition) is 1. The van der Waals surface area contributed by atoms with E-state index in [4.69, 9.17) is 4.74 Å². The van der Waals surface area contributed by atoms with Crippen LogP contribution in [-0.4, -0.2) is 28.2 Å². The minimum Gasteiger partial charge on any atom is -0.494 e. The Kier molecular flexibility index (Phi) is 5.14. The average molecular weight is 335 g/mol. The van der Waals surface area contributed by atoms with Gasteiger partial charge >= 0.3 is 0 Å². The Morgan fingerprint density at radius 3 is 2.96 bits per heavy atom. The zero-order valence-corrected chi connectivity index (χ0v) is 14.5. The molecule has 0 saturated carbocycles. The molecule has 2 heterocycles. The fourth-order valence-electron chi connectivity index (χ4n) is 2.96. The number of anilines is 1. The van der Waals surface area contributed by atoms with Crippen LogP contribution in [0, 0.1) is 11.3 Å². The number of benzene rings is 1. The Balaban J connectivity index is 1.77. The first-order valence-electron chi connectivity index (χ1n) is 8.38. The molecule has 128 valence electrons. The highest BCUT2D eigenvalue weighted by atomic mass is 16.5. The number of para-hydroxylation sites is 1. The van der Waals surface area contributed by atoms with Gasteiger partial charge < -0.3 is 14.6 Å². The third-order valence-corrected chi connectivity index (χ3v) is 4.20. The van der Waals surface area contributed by atoms with Gasteiger partial charge in [0, 0.05) is 43.5 Å². The van der Waals surface area contributed by atoms with E-state index in [0.29, 0.717) is 11.3 Å². The fraction of sp³-hybridized carbons (Fsp3) is 0.316. The molecule has 1 aromatic carbocycles. The predicted molar refractivity (Wildman–Crippen MR) is 97.7 cm³/mol. The van der Waals surface area contributed by atoms with E-state index in [0.717, 1.165) is 48.3 Å². The Bertz CT molecular complexity index is 910. The first-order chi connectivity index (χ1) is 12.3. The average Bonchev–Trinajstić information content (AvgIpc) is 3.11. The van der Waals surface area contributed by atoms with Gasteiger partial charge in [-0.1, -0.05) is 19.1 Å². The number of nitriles is 1. The lowest BCUT2D eigenvalue weighted by molar-refractivity contribution is 0.419. The summed E-state index contributed by atoms with van der Waals surface area (Å²) in [4.78, 5) is 8.71. The van der Waals surface area contributed by atoms with Crippen LogP contribution in [0.3, 0.4) is 0 Å². The van der Waals surface area contributed by atoms with E-state index in [1.165, 1.54) is 0 Å². The zero-order chi connectivity index (χ0) is 17.6. The van der Waals surface area contributed by atoms with Crippen molar-refractivity contribution in [2.24, 2.45) is 0 Å². The van der Waals surface area contributed by atoms with Gasteiger partial charge in [0.1, 0.15) is 23.2 Å². The summed E-state index contributed by atoms with van der Waals surface area (Å²) in [5.41, 5.74) is 2.11. The van der Waals surface area contributed by atoms with Crippen LogP contribution >= 0.6 is 0 Å².